The van der Waals surface area contributed by atoms with Crippen LogP contribution in [0.15, 0.2) is 24.3 Å². The van der Waals surface area contributed by atoms with Crippen LogP contribution >= 0.6 is 0 Å². The average Bonchev–Trinajstić information content (AvgIpc) is 2.47. The van der Waals surface area contributed by atoms with Crippen molar-refractivity contribution >= 4 is 5.91 Å². The summed E-state index contributed by atoms with van der Waals surface area (Å²) in [6.45, 7) is 3.75. The SMILES string of the molecule is CNC1CCN(C(=O)CC(C)Cc2cccc(F)c2)CC1. The van der Waals surface area contributed by atoms with Crippen LogP contribution in [0.3, 0.4) is 0 Å². The Hall–Kier alpha value is -1.42. The molecule has 1 aliphatic heterocycles. The largest absolute Gasteiger partial charge is 0.343 e. The molecule has 116 valence electrons. The van der Waals surface area contributed by atoms with Crippen molar-refractivity contribution in [3.05, 3.63) is 35.6 Å². The van der Waals surface area contributed by atoms with Crippen LogP contribution in [-0.2, 0) is 11.2 Å². The van der Waals surface area contributed by atoms with E-state index in [1.807, 2.05) is 18.0 Å². The molecule has 3 nitrogen and oxygen atoms in total. The second kappa shape index (κ2) is 7.55. The highest BCUT2D eigenvalue weighted by Crippen LogP contribution is 2.17. The zero-order chi connectivity index (χ0) is 15.2. The zero-order valence-corrected chi connectivity index (χ0v) is 12.9. The molecule has 1 aliphatic rings. The van der Waals surface area contributed by atoms with E-state index in [1.54, 1.807) is 12.1 Å². The fourth-order valence-electron chi connectivity index (χ4n) is 2.98. The number of carbonyl (C=O) groups excluding carboxylic acids is 1. The first-order valence-electron chi connectivity index (χ1n) is 7.78. The molecule has 2 rings (SSSR count). The van der Waals surface area contributed by atoms with E-state index in [2.05, 4.69) is 12.2 Å². The fraction of sp³-hybridized carbons (Fsp3) is 0.588. The summed E-state index contributed by atoms with van der Waals surface area (Å²) in [5, 5.41) is 3.27. The van der Waals surface area contributed by atoms with Crippen LogP contribution in [0.2, 0.25) is 0 Å². The highest BCUT2D eigenvalue weighted by Gasteiger charge is 2.22. The Labute approximate surface area is 126 Å². The number of nitrogens with zero attached hydrogens (tertiary/aromatic N) is 1. The van der Waals surface area contributed by atoms with Gasteiger partial charge in [-0.3, -0.25) is 4.79 Å². The van der Waals surface area contributed by atoms with Crippen molar-refractivity contribution in [1.82, 2.24) is 10.2 Å². The summed E-state index contributed by atoms with van der Waals surface area (Å²) in [5.74, 6) is 0.259. The molecule has 1 saturated heterocycles. The van der Waals surface area contributed by atoms with Crippen molar-refractivity contribution in [2.45, 2.75) is 38.6 Å². The molecule has 4 heteroatoms. The van der Waals surface area contributed by atoms with Gasteiger partial charge in [-0.1, -0.05) is 19.1 Å². The number of rotatable bonds is 5. The predicted molar refractivity (Wildman–Crippen MR) is 82.5 cm³/mol. The van der Waals surface area contributed by atoms with Gasteiger partial charge >= 0.3 is 0 Å². The molecule has 1 unspecified atom stereocenters. The number of amides is 1. The van der Waals surface area contributed by atoms with E-state index in [1.165, 1.54) is 6.07 Å². The number of nitrogens with one attached hydrogen (secondary N) is 1. The van der Waals surface area contributed by atoms with Gasteiger partial charge in [-0.15, -0.1) is 0 Å². The van der Waals surface area contributed by atoms with E-state index in [0.717, 1.165) is 37.9 Å². The quantitative estimate of drug-likeness (QED) is 0.905. The lowest BCUT2D eigenvalue weighted by Gasteiger charge is -2.32. The Morgan fingerprint density at radius 2 is 2.14 bits per heavy atom. The minimum Gasteiger partial charge on any atom is -0.343 e. The van der Waals surface area contributed by atoms with Gasteiger partial charge in [0.15, 0.2) is 0 Å². The molecule has 1 atom stereocenters. The second-order valence-electron chi connectivity index (χ2n) is 6.09. The molecule has 21 heavy (non-hydrogen) atoms. The van der Waals surface area contributed by atoms with E-state index in [9.17, 15) is 9.18 Å². The Kier molecular flexibility index (Phi) is 5.74. The molecule has 1 heterocycles. The molecular formula is C17H25FN2O. The molecule has 0 radical (unpaired) electrons. The number of hydrogen-bond donors (Lipinski definition) is 1. The number of carbonyl (C=O) groups is 1. The van der Waals surface area contributed by atoms with E-state index >= 15 is 0 Å². The van der Waals surface area contributed by atoms with Gasteiger partial charge in [-0.2, -0.15) is 0 Å². The molecule has 0 bridgehead atoms. The van der Waals surface area contributed by atoms with Crippen LogP contribution in [0.5, 0.6) is 0 Å². The van der Waals surface area contributed by atoms with Crippen molar-refractivity contribution < 1.29 is 9.18 Å². The third-order valence-electron chi connectivity index (χ3n) is 4.25. The van der Waals surface area contributed by atoms with Crippen molar-refractivity contribution in [3.8, 4) is 0 Å². The molecule has 1 fully saturated rings. The van der Waals surface area contributed by atoms with Gasteiger partial charge in [0.2, 0.25) is 5.91 Å². The molecule has 0 spiro atoms. The van der Waals surface area contributed by atoms with E-state index in [-0.39, 0.29) is 17.6 Å². The maximum Gasteiger partial charge on any atom is 0.222 e. The van der Waals surface area contributed by atoms with Gasteiger partial charge in [0.25, 0.3) is 0 Å². The Morgan fingerprint density at radius 3 is 2.76 bits per heavy atom. The maximum absolute atomic E-state index is 13.2. The van der Waals surface area contributed by atoms with Crippen LogP contribution < -0.4 is 5.32 Å². The van der Waals surface area contributed by atoms with Gasteiger partial charge in [0.1, 0.15) is 5.82 Å². The van der Waals surface area contributed by atoms with Gasteiger partial charge in [-0.25, -0.2) is 4.39 Å². The summed E-state index contributed by atoms with van der Waals surface area (Å²) in [6.07, 6.45) is 3.35. The van der Waals surface area contributed by atoms with Crippen molar-refractivity contribution in [3.63, 3.8) is 0 Å². The second-order valence-corrected chi connectivity index (χ2v) is 6.09. The lowest BCUT2D eigenvalue weighted by atomic mass is 9.96. The minimum absolute atomic E-state index is 0.208. The standard InChI is InChI=1S/C17H25FN2O/c1-13(10-14-4-3-5-15(18)12-14)11-17(21)20-8-6-16(19-2)7-9-20/h3-5,12-13,16,19H,6-11H2,1-2H3. The molecule has 1 aromatic rings. The summed E-state index contributed by atoms with van der Waals surface area (Å²) in [6, 6.07) is 7.19. The molecule has 0 aliphatic carbocycles. The van der Waals surface area contributed by atoms with Crippen molar-refractivity contribution in [1.29, 1.82) is 0 Å². The van der Waals surface area contributed by atoms with Gasteiger partial charge in [0.05, 0.1) is 0 Å². The average molecular weight is 292 g/mol. The molecule has 1 aromatic carbocycles. The number of likely N-dealkylation sites (tertiary alicyclic amines) is 1. The summed E-state index contributed by atoms with van der Waals surface area (Å²) in [5.41, 5.74) is 0.962. The Morgan fingerprint density at radius 1 is 1.43 bits per heavy atom. The lowest BCUT2D eigenvalue weighted by molar-refractivity contribution is -0.133. The monoisotopic (exact) mass is 292 g/mol. The van der Waals surface area contributed by atoms with Crippen LogP contribution in [0.1, 0.15) is 31.7 Å². The fourth-order valence-corrected chi connectivity index (χ4v) is 2.98. The normalized spacial score (nSPS) is 17.8. The van der Waals surface area contributed by atoms with Crippen molar-refractivity contribution in [2.24, 2.45) is 5.92 Å². The first kappa shape index (κ1) is 16.0. The smallest absolute Gasteiger partial charge is 0.222 e. The zero-order valence-electron chi connectivity index (χ0n) is 12.9. The number of hydrogen-bond acceptors (Lipinski definition) is 2. The van der Waals surface area contributed by atoms with Crippen LogP contribution in [0.25, 0.3) is 0 Å². The molecule has 0 saturated carbocycles. The lowest BCUT2D eigenvalue weighted by Crippen LogP contribution is -2.44. The van der Waals surface area contributed by atoms with Crippen LogP contribution in [0.4, 0.5) is 4.39 Å². The minimum atomic E-state index is -0.208. The van der Waals surface area contributed by atoms with E-state index in [0.29, 0.717) is 12.5 Å². The number of halogens is 1. The topological polar surface area (TPSA) is 32.3 Å². The third kappa shape index (κ3) is 4.81. The highest BCUT2D eigenvalue weighted by molar-refractivity contribution is 5.76. The van der Waals surface area contributed by atoms with Crippen molar-refractivity contribution in [2.75, 3.05) is 20.1 Å². The van der Waals surface area contributed by atoms with Gasteiger partial charge < -0.3 is 10.2 Å². The van der Waals surface area contributed by atoms with Gasteiger partial charge in [0, 0.05) is 25.6 Å². The number of benzene rings is 1. The van der Waals surface area contributed by atoms with Crippen LogP contribution in [-0.4, -0.2) is 37.0 Å². The highest BCUT2D eigenvalue weighted by atomic mass is 19.1. The summed E-state index contributed by atoms with van der Waals surface area (Å²) >= 11 is 0. The van der Waals surface area contributed by atoms with E-state index < -0.39 is 0 Å². The number of piperidine rings is 1. The Balaban J connectivity index is 1.79. The predicted octanol–water partition coefficient (Wildman–Crippen LogP) is 2.60. The molecule has 0 aromatic heterocycles. The third-order valence-corrected chi connectivity index (χ3v) is 4.25. The first-order chi connectivity index (χ1) is 10.1. The Bertz CT molecular complexity index is 470. The maximum atomic E-state index is 13.2. The first-order valence-corrected chi connectivity index (χ1v) is 7.78. The van der Waals surface area contributed by atoms with Crippen LogP contribution in [0, 0.1) is 11.7 Å². The molecule has 1 amide bonds. The summed E-state index contributed by atoms with van der Waals surface area (Å²) < 4.78 is 13.2. The molecular weight excluding hydrogens is 267 g/mol. The summed E-state index contributed by atoms with van der Waals surface area (Å²) in [7, 11) is 1.98. The summed E-state index contributed by atoms with van der Waals surface area (Å²) in [4.78, 5) is 14.3. The van der Waals surface area contributed by atoms with E-state index in [4.69, 9.17) is 0 Å². The van der Waals surface area contributed by atoms with Gasteiger partial charge in [-0.05, 0) is 49.9 Å². The molecule has 1 N–H and O–H groups in total.